The van der Waals surface area contributed by atoms with Crippen LogP contribution in [0, 0.1) is 5.92 Å². The van der Waals surface area contributed by atoms with Crippen molar-refractivity contribution in [3.8, 4) is 0 Å². The fourth-order valence-electron chi connectivity index (χ4n) is 5.40. The van der Waals surface area contributed by atoms with Gasteiger partial charge in [-0.05, 0) is 69.8 Å². The zero-order valence-electron chi connectivity index (χ0n) is 17.8. The lowest BCUT2D eigenvalue weighted by Gasteiger charge is -2.41. The van der Waals surface area contributed by atoms with Crippen molar-refractivity contribution < 1.29 is 19.4 Å². The Hall–Kier alpha value is -1.40. The van der Waals surface area contributed by atoms with Crippen molar-refractivity contribution in [2.75, 3.05) is 26.4 Å². The van der Waals surface area contributed by atoms with E-state index in [4.69, 9.17) is 19.6 Å². The number of carbonyl (C=O) groups is 1. The fourth-order valence-corrected chi connectivity index (χ4v) is 5.40. The van der Waals surface area contributed by atoms with Crippen LogP contribution < -0.4 is 0 Å². The fraction of sp³-hybridized carbons (Fsp3) is 0.826. The van der Waals surface area contributed by atoms with Crippen LogP contribution in [-0.4, -0.2) is 59.8 Å². The summed E-state index contributed by atoms with van der Waals surface area (Å²) in [5.74, 6) is 1.28. The molecule has 0 unspecified atom stereocenters. The largest absolute Gasteiger partial charge is 0.478 e. The van der Waals surface area contributed by atoms with Gasteiger partial charge in [0.25, 0.3) is 5.91 Å². The van der Waals surface area contributed by atoms with Crippen LogP contribution in [-0.2, 0) is 14.3 Å². The number of ether oxygens (including phenoxy) is 2. The highest BCUT2D eigenvalue weighted by Gasteiger charge is 2.51. The maximum atomic E-state index is 13.5. The second-order valence-electron chi connectivity index (χ2n) is 9.08. The lowest BCUT2D eigenvalue weighted by molar-refractivity contribution is -0.136. The molecule has 0 aromatic heterocycles. The number of aliphatic imine (C=N–C) groups is 1. The normalized spacial score (nSPS) is 32.4. The summed E-state index contributed by atoms with van der Waals surface area (Å²) < 4.78 is 12.0. The van der Waals surface area contributed by atoms with Crippen LogP contribution in [0.15, 0.2) is 16.3 Å². The predicted octanol–water partition coefficient (Wildman–Crippen LogP) is 3.58. The summed E-state index contributed by atoms with van der Waals surface area (Å²) in [6.45, 7) is 4.15. The Morgan fingerprint density at radius 2 is 2.03 bits per heavy atom. The molecule has 4 aliphatic rings. The van der Waals surface area contributed by atoms with E-state index in [0.29, 0.717) is 25.6 Å². The third-order valence-electron chi connectivity index (χ3n) is 6.93. The van der Waals surface area contributed by atoms with Gasteiger partial charge in [-0.2, -0.15) is 0 Å². The Balaban J connectivity index is 1.45. The molecule has 6 nitrogen and oxygen atoms in total. The average molecular weight is 405 g/mol. The number of carbonyl (C=O) groups excluding carboxylic acids is 1. The van der Waals surface area contributed by atoms with Gasteiger partial charge >= 0.3 is 0 Å². The number of aliphatic hydroxyl groups is 1. The number of rotatable bonds is 7. The summed E-state index contributed by atoms with van der Waals surface area (Å²) in [4.78, 5) is 20.5. The quantitative estimate of drug-likeness (QED) is 0.659. The predicted molar refractivity (Wildman–Crippen MR) is 112 cm³/mol. The van der Waals surface area contributed by atoms with Crippen molar-refractivity contribution in [1.82, 2.24) is 4.90 Å². The molecule has 4 rings (SSSR count). The SMILES string of the molecule is CCCN1C(=O)[C@]2(COC(C3CCC(OCCCO)CC3)=N2)CC2=C1CCCC2. The van der Waals surface area contributed by atoms with Crippen molar-refractivity contribution in [3.63, 3.8) is 0 Å². The zero-order valence-corrected chi connectivity index (χ0v) is 17.8. The van der Waals surface area contributed by atoms with E-state index in [9.17, 15) is 4.79 Å². The number of amides is 1. The highest BCUT2D eigenvalue weighted by Crippen LogP contribution is 2.43. The number of allylic oxidation sites excluding steroid dienone is 1. The van der Waals surface area contributed by atoms with Gasteiger partial charge in [-0.1, -0.05) is 6.92 Å². The number of aliphatic hydroxyl groups excluding tert-OH is 1. The molecule has 1 amide bonds. The Morgan fingerprint density at radius 3 is 2.79 bits per heavy atom. The molecule has 0 saturated heterocycles. The molecule has 0 radical (unpaired) electrons. The molecule has 2 aliphatic heterocycles. The Labute approximate surface area is 174 Å². The van der Waals surface area contributed by atoms with Gasteiger partial charge in [-0.3, -0.25) is 4.79 Å². The molecule has 0 aromatic carbocycles. The van der Waals surface area contributed by atoms with Crippen molar-refractivity contribution in [2.45, 2.75) is 89.2 Å². The number of hydrogen-bond acceptors (Lipinski definition) is 5. The van der Waals surface area contributed by atoms with Gasteiger partial charge in [0, 0.05) is 37.8 Å². The molecular formula is C23H36N2O4. The Bertz CT molecular complexity index is 666. The maximum Gasteiger partial charge on any atom is 0.258 e. The van der Waals surface area contributed by atoms with Gasteiger partial charge in [0.05, 0.1) is 6.10 Å². The molecule has 1 N–H and O–H groups in total. The van der Waals surface area contributed by atoms with E-state index in [0.717, 1.165) is 63.8 Å². The molecule has 0 bridgehead atoms. The first-order valence-corrected chi connectivity index (χ1v) is 11.6. The van der Waals surface area contributed by atoms with Crippen molar-refractivity contribution >= 4 is 11.8 Å². The molecule has 0 aromatic rings. The van der Waals surface area contributed by atoms with Crippen molar-refractivity contribution in [1.29, 1.82) is 0 Å². The van der Waals surface area contributed by atoms with Crippen LogP contribution in [0.5, 0.6) is 0 Å². The topological polar surface area (TPSA) is 71.4 Å². The monoisotopic (exact) mass is 404 g/mol. The Kier molecular flexibility index (Phi) is 6.60. The minimum absolute atomic E-state index is 0.163. The van der Waals surface area contributed by atoms with E-state index < -0.39 is 5.54 Å². The molecule has 6 heteroatoms. The van der Waals surface area contributed by atoms with E-state index in [1.807, 2.05) is 4.90 Å². The van der Waals surface area contributed by atoms with Crippen molar-refractivity contribution in [2.24, 2.45) is 10.9 Å². The summed E-state index contributed by atoms with van der Waals surface area (Å²) in [6.07, 6.45) is 11.2. The summed E-state index contributed by atoms with van der Waals surface area (Å²) >= 11 is 0. The summed E-state index contributed by atoms with van der Waals surface area (Å²) in [5.41, 5.74) is 2.02. The molecule has 29 heavy (non-hydrogen) atoms. The van der Waals surface area contributed by atoms with Gasteiger partial charge in [0.2, 0.25) is 0 Å². The van der Waals surface area contributed by atoms with Crippen molar-refractivity contribution in [3.05, 3.63) is 11.3 Å². The van der Waals surface area contributed by atoms with E-state index in [1.54, 1.807) is 0 Å². The van der Waals surface area contributed by atoms with Crippen LogP contribution in [0.4, 0.5) is 0 Å². The minimum Gasteiger partial charge on any atom is -0.478 e. The third kappa shape index (κ3) is 4.24. The van der Waals surface area contributed by atoms with Crippen LogP contribution in [0.3, 0.4) is 0 Å². The van der Waals surface area contributed by atoms with E-state index >= 15 is 0 Å². The molecular weight excluding hydrogens is 368 g/mol. The summed E-state index contributed by atoms with van der Waals surface area (Å²) in [7, 11) is 0. The van der Waals surface area contributed by atoms with Gasteiger partial charge in [-0.15, -0.1) is 0 Å². The van der Waals surface area contributed by atoms with Gasteiger partial charge < -0.3 is 19.5 Å². The van der Waals surface area contributed by atoms with Gasteiger partial charge in [0.1, 0.15) is 6.61 Å². The standard InChI is InChI=1S/C23H36N2O4/c1-2-12-25-20-7-4-3-6-18(20)15-23(22(25)27)16-29-21(24-23)17-8-10-19(11-9-17)28-14-5-13-26/h17,19,26H,2-16H2,1H3/t17?,19?,23-/m1/s1. The lowest BCUT2D eigenvalue weighted by Crippen LogP contribution is -2.53. The van der Waals surface area contributed by atoms with E-state index in [-0.39, 0.29) is 18.6 Å². The first-order chi connectivity index (χ1) is 14.2. The number of nitrogens with zero attached hydrogens (tertiary/aromatic N) is 2. The van der Waals surface area contributed by atoms with E-state index in [2.05, 4.69) is 6.92 Å². The van der Waals surface area contributed by atoms with Gasteiger partial charge in [0.15, 0.2) is 11.4 Å². The molecule has 2 heterocycles. The molecule has 2 aliphatic carbocycles. The second kappa shape index (κ2) is 9.17. The summed E-state index contributed by atoms with van der Waals surface area (Å²) in [6, 6.07) is 0. The number of hydrogen-bond donors (Lipinski definition) is 1. The molecule has 1 saturated carbocycles. The summed E-state index contributed by atoms with van der Waals surface area (Å²) in [5, 5.41) is 8.90. The highest BCUT2D eigenvalue weighted by molar-refractivity contribution is 5.95. The average Bonchev–Trinajstić information content (AvgIpc) is 3.17. The smallest absolute Gasteiger partial charge is 0.258 e. The highest BCUT2D eigenvalue weighted by atomic mass is 16.5. The van der Waals surface area contributed by atoms with E-state index in [1.165, 1.54) is 24.1 Å². The minimum atomic E-state index is -0.713. The molecule has 162 valence electrons. The van der Waals surface area contributed by atoms with Crippen LogP contribution in [0.1, 0.15) is 77.6 Å². The first kappa shape index (κ1) is 20.9. The van der Waals surface area contributed by atoms with Gasteiger partial charge in [-0.25, -0.2) is 4.99 Å². The first-order valence-electron chi connectivity index (χ1n) is 11.6. The maximum absolute atomic E-state index is 13.5. The molecule has 1 atom stereocenters. The Morgan fingerprint density at radius 1 is 1.24 bits per heavy atom. The van der Waals surface area contributed by atoms with Crippen LogP contribution in [0.2, 0.25) is 0 Å². The van der Waals surface area contributed by atoms with Crippen LogP contribution >= 0.6 is 0 Å². The zero-order chi connectivity index (χ0) is 20.3. The van der Waals surface area contributed by atoms with Crippen LogP contribution in [0.25, 0.3) is 0 Å². The molecule has 1 spiro atoms. The third-order valence-corrected chi connectivity index (χ3v) is 6.93. The second-order valence-corrected chi connectivity index (χ2v) is 9.08. The lowest BCUT2D eigenvalue weighted by atomic mass is 9.80. The molecule has 1 fully saturated rings.